The molecular weight excluding hydrogens is 248 g/mol. The molecule has 1 fully saturated rings. The van der Waals surface area contributed by atoms with Crippen LogP contribution >= 0.6 is 0 Å². The van der Waals surface area contributed by atoms with Gasteiger partial charge >= 0.3 is 12.0 Å². The van der Waals surface area contributed by atoms with Gasteiger partial charge in [-0.25, -0.2) is 9.59 Å². The summed E-state index contributed by atoms with van der Waals surface area (Å²) in [5.41, 5.74) is -1.34. The molecular formula is C9H16N2O5S. The largest absolute Gasteiger partial charge is 0.479 e. The van der Waals surface area contributed by atoms with Gasteiger partial charge in [0, 0.05) is 42.4 Å². The Balaban J connectivity index is 2.43. The molecule has 0 radical (unpaired) electrons. The number of hydrogen-bond acceptors (Lipinski definition) is 4. The average molecular weight is 264 g/mol. The third-order valence-electron chi connectivity index (χ3n) is 2.46. The zero-order valence-corrected chi connectivity index (χ0v) is 10.3. The lowest BCUT2D eigenvalue weighted by Gasteiger charge is -2.23. The van der Waals surface area contributed by atoms with Crippen molar-refractivity contribution in [1.82, 2.24) is 10.6 Å². The Bertz CT molecular complexity index is 327. The van der Waals surface area contributed by atoms with E-state index in [-0.39, 0.29) is 19.6 Å². The number of carbonyl (C=O) groups excluding carboxylic acids is 1. The van der Waals surface area contributed by atoms with E-state index in [0.29, 0.717) is 12.4 Å². The summed E-state index contributed by atoms with van der Waals surface area (Å²) in [6.45, 7) is 0.520. The number of ether oxygens (including phenoxy) is 1. The maximum Gasteiger partial charge on any atom is 0.332 e. The summed E-state index contributed by atoms with van der Waals surface area (Å²) in [6, 6.07) is -0.580. The van der Waals surface area contributed by atoms with Crippen LogP contribution in [0.15, 0.2) is 0 Å². The molecule has 1 heterocycles. The molecule has 1 saturated heterocycles. The summed E-state index contributed by atoms with van der Waals surface area (Å²) in [5.74, 6) is -0.770. The molecule has 1 rings (SSSR count). The molecule has 0 aliphatic carbocycles. The van der Waals surface area contributed by atoms with Crippen LogP contribution in [-0.4, -0.2) is 58.6 Å². The summed E-state index contributed by atoms with van der Waals surface area (Å²) < 4.78 is 15.8. The van der Waals surface area contributed by atoms with E-state index in [1.165, 1.54) is 6.26 Å². The zero-order valence-electron chi connectivity index (χ0n) is 9.52. The number of carboxylic acids is 1. The maximum absolute atomic E-state index is 11.5. The minimum atomic E-state index is -1.34. The lowest BCUT2D eigenvalue weighted by Crippen LogP contribution is -2.58. The average Bonchev–Trinajstić information content (AvgIpc) is 2.66. The van der Waals surface area contributed by atoms with Crippen molar-refractivity contribution in [2.24, 2.45) is 0 Å². The van der Waals surface area contributed by atoms with Crippen molar-refractivity contribution in [2.75, 3.05) is 31.8 Å². The van der Waals surface area contributed by atoms with Crippen LogP contribution < -0.4 is 10.6 Å². The molecule has 0 saturated carbocycles. The molecule has 0 spiro atoms. The third-order valence-corrected chi connectivity index (χ3v) is 3.24. The first-order valence-electron chi connectivity index (χ1n) is 5.13. The highest BCUT2D eigenvalue weighted by Crippen LogP contribution is 2.18. The standard InChI is InChI=1S/C9H16N2O5S/c1-17(15)5-3-10-8(14)11-9(7(12)13)2-4-16-6-9/h2-6H2,1H3,(H,12,13)(H2,10,11,14). The third kappa shape index (κ3) is 3.97. The topological polar surface area (TPSA) is 105 Å². The number of urea groups is 1. The van der Waals surface area contributed by atoms with E-state index >= 15 is 0 Å². The minimum absolute atomic E-state index is 0.0323. The van der Waals surface area contributed by atoms with Crippen LogP contribution in [0, 0.1) is 0 Å². The van der Waals surface area contributed by atoms with Crippen molar-refractivity contribution in [2.45, 2.75) is 12.0 Å². The molecule has 0 bridgehead atoms. The Morgan fingerprint density at radius 2 is 2.24 bits per heavy atom. The summed E-state index contributed by atoms with van der Waals surface area (Å²) >= 11 is 0. The van der Waals surface area contributed by atoms with Crippen molar-refractivity contribution in [1.29, 1.82) is 0 Å². The summed E-state index contributed by atoms with van der Waals surface area (Å²) in [7, 11) is -0.989. The monoisotopic (exact) mass is 264 g/mol. The molecule has 98 valence electrons. The molecule has 0 aromatic rings. The lowest BCUT2D eigenvalue weighted by atomic mass is 9.99. The number of carboxylic acid groups (broad SMARTS) is 1. The highest BCUT2D eigenvalue weighted by Gasteiger charge is 2.43. The van der Waals surface area contributed by atoms with Gasteiger partial charge in [-0.15, -0.1) is 0 Å². The van der Waals surface area contributed by atoms with Crippen LogP contribution in [-0.2, 0) is 20.3 Å². The van der Waals surface area contributed by atoms with Crippen molar-refractivity contribution < 1.29 is 23.6 Å². The van der Waals surface area contributed by atoms with Gasteiger partial charge < -0.3 is 20.5 Å². The summed E-state index contributed by atoms with van der Waals surface area (Å²) in [5, 5.41) is 13.9. The zero-order chi connectivity index (χ0) is 12.9. The van der Waals surface area contributed by atoms with Gasteiger partial charge in [0.25, 0.3) is 0 Å². The van der Waals surface area contributed by atoms with Crippen molar-refractivity contribution in [3.05, 3.63) is 0 Å². The molecule has 2 unspecified atom stereocenters. The molecule has 2 atom stereocenters. The van der Waals surface area contributed by atoms with Gasteiger partial charge in [-0.05, 0) is 0 Å². The van der Waals surface area contributed by atoms with E-state index in [0.717, 1.165) is 0 Å². The SMILES string of the molecule is CS(=O)CCNC(=O)NC1(C(=O)O)CCOC1. The number of carbonyl (C=O) groups is 2. The fourth-order valence-corrected chi connectivity index (χ4v) is 1.85. The second-order valence-electron chi connectivity index (χ2n) is 3.85. The Morgan fingerprint density at radius 3 is 2.71 bits per heavy atom. The maximum atomic E-state index is 11.5. The van der Waals surface area contributed by atoms with Gasteiger partial charge in [0.2, 0.25) is 0 Å². The minimum Gasteiger partial charge on any atom is -0.479 e. The van der Waals surface area contributed by atoms with E-state index in [1.54, 1.807) is 0 Å². The van der Waals surface area contributed by atoms with Gasteiger partial charge in [0.05, 0.1) is 6.61 Å². The predicted molar refractivity (Wildman–Crippen MR) is 61.3 cm³/mol. The Hall–Kier alpha value is -1.15. The quantitative estimate of drug-likeness (QED) is 0.585. The normalized spacial score (nSPS) is 25.2. The number of aliphatic carboxylic acids is 1. The van der Waals surface area contributed by atoms with Gasteiger partial charge in [-0.2, -0.15) is 0 Å². The number of rotatable bonds is 5. The van der Waals surface area contributed by atoms with Crippen LogP contribution in [0.5, 0.6) is 0 Å². The van der Waals surface area contributed by atoms with Crippen LogP contribution in [0.3, 0.4) is 0 Å². The van der Waals surface area contributed by atoms with Crippen LogP contribution in [0.1, 0.15) is 6.42 Å². The van der Waals surface area contributed by atoms with Crippen molar-refractivity contribution in [3.63, 3.8) is 0 Å². The van der Waals surface area contributed by atoms with Crippen molar-refractivity contribution in [3.8, 4) is 0 Å². The van der Waals surface area contributed by atoms with E-state index in [4.69, 9.17) is 9.84 Å². The summed E-state index contributed by atoms with van der Waals surface area (Å²) in [6.07, 6.45) is 1.78. The van der Waals surface area contributed by atoms with E-state index < -0.39 is 28.3 Å². The fraction of sp³-hybridized carbons (Fsp3) is 0.778. The van der Waals surface area contributed by atoms with Gasteiger partial charge in [0.1, 0.15) is 0 Å². The van der Waals surface area contributed by atoms with Gasteiger partial charge in [-0.1, -0.05) is 0 Å². The van der Waals surface area contributed by atoms with Gasteiger partial charge in [0.15, 0.2) is 5.54 Å². The predicted octanol–water partition coefficient (Wildman–Crippen LogP) is -1.09. The molecule has 17 heavy (non-hydrogen) atoms. The fourth-order valence-electron chi connectivity index (χ4n) is 1.46. The Morgan fingerprint density at radius 1 is 1.53 bits per heavy atom. The first kappa shape index (κ1) is 13.9. The molecule has 8 heteroatoms. The summed E-state index contributed by atoms with van der Waals surface area (Å²) in [4.78, 5) is 22.5. The first-order valence-corrected chi connectivity index (χ1v) is 6.86. The first-order chi connectivity index (χ1) is 7.96. The molecule has 0 aromatic heterocycles. The highest BCUT2D eigenvalue weighted by molar-refractivity contribution is 7.84. The van der Waals surface area contributed by atoms with Crippen LogP contribution in [0.2, 0.25) is 0 Å². The van der Waals surface area contributed by atoms with E-state index in [1.807, 2.05) is 0 Å². The van der Waals surface area contributed by atoms with E-state index in [9.17, 15) is 13.8 Å². The smallest absolute Gasteiger partial charge is 0.332 e. The lowest BCUT2D eigenvalue weighted by molar-refractivity contribution is -0.144. The highest BCUT2D eigenvalue weighted by atomic mass is 32.2. The molecule has 3 N–H and O–H groups in total. The molecule has 1 aliphatic rings. The molecule has 7 nitrogen and oxygen atoms in total. The molecule has 1 aliphatic heterocycles. The second-order valence-corrected chi connectivity index (χ2v) is 5.40. The van der Waals surface area contributed by atoms with Crippen molar-refractivity contribution >= 4 is 22.8 Å². The number of hydrogen-bond donors (Lipinski definition) is 3. The second kappa shape index (κ2) is 5.97. The van der Waals surface area contributed by atoms with Crippen LogP contribution in [0.4, 0.5) is 4.79 Å². The molecule has 2 amide bonds. The number of amides is 2. The Labute approximate surface area is 101 Å². The number of nitrogens with one attached hydrogen (secondary N) is 2. The van der Waals surface area contributed by atoms with E-state index in [2.05, 4.69) is 10.6 Å². The molecule has 0 aromatic carbocycles. The Kier molecular flexibility index (Phi) is 4.88. The van der Waals surface area contributed by atoms with Crippen LogP contribution in [0.25, 0.3) is 0 Å². The van der Waals surface area contributed by atoms with Gasteiger partial charge in [-0.3, -0.25) is 4.21 Å².